The van der Waals surface area contributed by atoms with Crippen LogP contribution < -0.4 is 9.46 Å². The topological polar surface area (TPSA) is 81.2 Å². The van der Waals surface area contributed by atoms with E-state index >= 15 is 0 Å². The molecule has 136 valence electrons. The number of hydrogen-bond donors (Lipinski definition) is 1. The Hall–Kier alpha value is -2.45. The van der Waals surface area contributed by atoms with Gasteiger partial charge in [0.2, 0.25) is 5.82 Å². The minimum Gasteiger partial charge on any atom is -0.475 e. The molecule has 0 amide bonds. The van der Waals surface area contributed by atoms with Crippen molar-refractivity contribution in [3.05, 3.63) is 64.6 Å². The molecule has 0 bridgehead atoms. The Morgan fingerprint density at radius 3 is 2.58 bits per heavy atom. The SMILES string of the molecule is CCc1ccc(S(=O)(=O)Nc2nccnc2OCCc2cccs2)cc1. The Bertz CT molecular complexity index is 940. The molecule has 0 atom stereocenters. The van der Waals surface area contributed by atoms with Crippen molar-refractivity contribution in [3.8, 4) is 5.88 Å². The number of rotatable bonds is 8. The zero-order chi connectivity index (χ0) is 18.4. The average Bonchev–Trinajstić information content (AvgIpc) is 3.16. The van der Waals surface area contributed by atoms with E-state index in [0.29, 0.717) is 6.61 Å². The van der Waals surface area contributed by atoms with Crippen LogP contribution in [0.1, 0.15) is 17.4 Å². The summed E-state index contributed by atoms with van der Waals surface area (Å²) in [6, 6.07) is 10.7. The third kappa shape index (κ3) is 4.59. The third-order valence-corrected chi connectivity index (χ3v) is 6.00. The predicted molar refractivity (Wildman–Crippen MR) is 102 cm³/mol. The number of sulfonamides is 1. The van der Waals surface area contributed by atoms with Crippen LogP contribution in [-0.4, -0.2) is 25.0 Å². The number of nitrogens with zero attached hydrogens (tertiary/aromatic N) is 2. The second-order valence-corrected chi connectivity index (χ2v) is 8.21. The molecule has 0 aliphatic carbocycles. The van der Waals surface area contributed by atoms with Gasteiger partial charge in [-0.3, -0.25) is 4.72 Å². The highest BCUT2D eigenvalue weighted by Gasteiger charge is 2.18. The lowest BCUT2D eigenvalue weighted by molar-refractivity contribution is 0.311. The molecule has 0 saturated carbocycles. The molecule has 0 aliphatic heterocycles. The maximum Gasteiger partial charge on any atom is 0.263 e. The van der Waals surface area contributed by atoms with Crippen LogP contribution in [0.4, 0.5) is 5.82 Å². The monoisotopic (exact) mass is 389 g/mol. The first-order valence-corrected chi connectivity index (χ1v) is 10.5. The Kier molecular flexibility index (Phi) is 5.85. The third-order valence-electron chi connectivity index (χ3n) is 3.70. The number of anilines is 1. The van der Waals surface area contributed by atoms with Gasteiger partial charge in [0, 0.05) is 23.7 Å². The minimum absolute atomic E-state index is 0.0817. The Balaban J connectivity index is 1.72. The highest BCUT2D eigenvalue weighted by Crippen LogP contribution is 2.22. The summed E-state index contributed by atoms with van der Waals surface area (Å²) < 4.78 is 33.3. The zero-order valence-electron chi connectivity index (χ0n) is 14.3. The van der Waals surface area contributed by atoms with Gasteiger partial charge in [-0.05, 0) is 35.6 Å². The van der Waals surface area contributed by atoms with Crippen molar-refractivity contribution in [2.24, 2.45) is 0 Å². The van der Waals surface area contributed by atoms with Gasteiger partial charge in [0.15, 0.2) is 0 Å². The minimum atomic E-state index is -3.76. The number of thiophene rings is 1. The molecule has 0 saturated heterocycles. The molecule has 0 unspecified atom stereocenters. The van der Waals surface area contributed by atoms with Crippen LogP contribution in [0.25, 0.3) is 0 Å². The van der Waals surface area contributed by atoms with Crippen LogP contribution in [-0.2, 0) is 22.9 Å². The highest BCUT2D eigenvalue weighted by molar-refractivity contribution is 7.92. The summed E-state index contributed by atoms with van der Waals surface area (Å²) >= 11 is 1.64. The summed E-state index contributed by atoms with van der Waals surface area (Å²) in [6.45, 7) is 2.40. The standard InChI is InChI=1S/C18H19N3O3S2/c1-2-14-5-7-16(8-6-14)26(22,23)21-17-18(20-11-10-19-17)24-12-9-15-4-3-13-25-15/h3-8,10-11,13H,2,9,12H2,1H3,(H,19,21). The van der Waals surface area contributed by atoms with Crippen molar-refractivity contribution in [1.82, 2.24) is 9.97 Å². The zero-order valence-corrected chi connectivity index (χ0v) is 15.9. The van der Waals surface area contributed by atoms with Gasteiger partial charge < -0.3 is 4.74 Å². The molecule has 26 heavy (non-hydrogen) atoms. The Labute approximate surface area is 157 Å². The molecule has 1 N–H and O–H groups in total. The number of aryl methyl sites for hydroxylation is 1. The molecule has 2 heterocycles. The van der Waals surface area contributed by atoms with E-state index in [4.69, 9.17) is 4.74 Å². The van der Waals surface area contributed by atoms with Gasteiger partial charge in [-0.1, -0.05) is 25.1 Å². The van der Waals surface area contributed by atoms with Gasteiger partial charge in [-0.2, -0.15) is 0 Å². The molecule has 8 heteroatoms. The molecular weight excluding hydrogens is 370 g/mol. The number of nitrogens with one attached hydrogen (secondary N) is 1. The lowest BCUT2D eigenvalue weighted by Gasteiger charge is -2.11. The number of aromatic nitrogens is 2. The van der Waals surface area contributed by atoms with E-state index in [9.17, 15) is 8.42 Å². The fourth-order valence-electron chi connectivity index (χ4n) is 2.29. The molecule has 6 nitrogen and oxygen atoms in total. The Morgan fingerprint density at radius 1 is 1.12 bits per heavy atom. The van der Waals surface area contributed by atoms with Crippen molar-refractivity contribution in [1.29, 1.82) is 0 Å². The van der Waals surface area contributed by atoms with Gasteiger partial charge in [0.1, 0.15) is 0 Å². The van der Waals surface area contributed by atoms with Crippen LogP contribution in [0.2, 0.25) is 0 Å². The van der Waals surface area contributed by atoms with Gasteiger partial charge in [-0.25, -0.2) is 18.4 Å². The second kappa shape index (κ2) is 8.29. The van der Waals surface area contributed by atoms with Crippen LogP contribution in [0.3, 0.4) is 0 Å². The van der Waals surface area contributed by atoms with Crippen molar-refractivity contribution in [2.75, 3.05) is 11.3 Å². The number of benzene rings is 1. The fraction of sp³-hybridized carbons (Fsp3) is 0.222. The molecule has 0 radical (unpaired) electrons. The molecule has 1 aromatic carbocycles. The van der Waals surface area contributed by atoms with Crippen LogP contribution in [0.15, 0.2) is 59.1 Å². The predicted octanol–water partition coefficient (Wildman–Crippen LogP) is 3.52. The molecule has 3 rings (SSSR count). The van der Waals surface area contributed by atoms with Gasteiger partial charge in [0.25, 0.3) is 15.9 Å². The summed E-state index contributed by atoms with van der Waals surface area (Å²) in [5.41, 5.74) is 1.07. The first kappa shape index (κ1) is 18.3. The van der Waals surface area contributed by atoms with Crippen LogP contribution >= 0.6 is 11.3 Å². The first-order valence-electron chi connectivity index (χ1n) is 8.16. The summed E-state index contributed by atoms with van der Waals surface area (Å²) in [5.74, 6) is 0.246. The van der Waals surface area contributed by atoms with Crippen LogP contribution in [0.5, 0.6) is 5.88 Å². The Morgan fingerprint density at radius 2 is 1.88 bits per heavy atom. The van der Waals surface area contributed by atoms with E-state index in [1.54, 1.807) is 35.6 Å². The fourth-order valence-corrected chi connectivity index (χ4v) is 3.99. The quantitative estimate of drug-likeness (QED) is 0.637. The van der Waals surface area contributed by atoms with Crippen molar-refractivity contribution >= 4 is 27.2 Å². The lowest BCUT2D eigenvalue weighted by Crippen LogP contribution is -2.16. The van der Waals surface area contributed by atoms with Gasteiger partial charge in [0.05, 0.1) is 11.5 Å². The molecule has 0 fully saturated rings. The van der Waals surface area contributed by atoms with Crippen LogP contribution in [0, 0.1) is 0 Å². The van der Waals surface area contributed by atoms with E-state index in [1.807, 2.05) is 24.4 Å². The molecule has 0 aliphatic rings. The van der Waals surface area contributed by atoms with E-state index in [-0.39, 0.29) is 16.6 Å². The molecule has 2 aromatic heterocycles. The summed E-state index contributed by atoms with van der Waals surface area (Å²) in [4.78, 5) is 9.52. The van der Waals surface area contributed by atoms with Gasteiger partial charge >= 0.3 is 0 Å². The largest absolute Gasteiger partial charge is 0.475 e. The summed E-state index contributed by atoms with van der Waals surface area (Å²) in [7, 11) is -3.76. The first-order chi connectivity index (χ1) is 12.6. The van der Waals surface area contributed by atoms with Crippen molar-refractivity contribution in [3.63, 3.8) is 0 Å². The molecule has 0 spiro atoms. The smallest absolute Gasteiger partial charge is 0.263 e. The number of hydrogen-bond acceptors (Lipinski definition) is 6. The van der Waals surface area contributed by atoms with E-state index < -0.39 is 10.0 Å². The van der Waals surface area contributed by atoms with E-state index in [2.05, 4.69) is 14.7 Å². The number of ether oxygens (including phenoxy) is 1. The van der Waals surface area contributed by atoms with E-state index in [1.165, 1.54) is 17.3 Å². The molecule has 3 aromatic rings. The lowest BCUT2D eigenvalue weighted by atomic mass is 10.2. The second-order valence-electron chi connectivity index (χ2n) is 5.49. The normalized spacial score (nSPS) is 11.3. The maximum atomic E-state index is 12.6. The average molecular weight is 390 g/mol. The van der Waals surface area contributed by atoms with Crippen molar-refractivity contribution < 1.29 is 13.2 Å². The van der Waals surface area contributed by atoms with Crippen molar-refractivity contribution in [2.45, 2.75) is 24.7 Å². The van der Waals surface area contributed by atoms with Gasteiger partial charge in [-0.15, -0.1) is 11.3 Å². The van der Waals surface area contributed by atoms with E-state index in [0.717, 1.165) is 18.4 Å². The maximum absolute atomic E-state index is 12.6. The summed E-state index contributed by atoms with van der Waals surface area (Å²) in [5, 5.41) is 2.00. The summed E-state index contributed by atoms with van der Waals surface area (Å²) in [6.07, 6.45) is 4.46. The molecular formula is C18H19N3O3S2. The highest BCUT2D eigenvalue weighted by atomic mass is 32.2.